The molecule has 0 aliphatic heterocycles. The third kappa shape index (κ3) is 2.80. The lowest BCUT2D eigenvalue weighted by molar-refractivity contribution is -0.185. The Hall–Kier alpha value is -1.77. The molecular weight excluding hydrogens is 249 g/mol. The van der Waals surface area contributed by atoms with E-state index in [1.165, 1.54) is 19.1 Å². The van der Waals surface area contributed by atoms with Crippen molar-refractivity contribution in [3.8, 4) is 0 Å². The molecule has 1 atom stereocenters. The van der Waals surface area contributed by atoms with Crippen molar-refractivity contribution in [2.24, 2.45) is 0 Å². The van der Waals surface area contributed by atoms with Crippen molar-refractivity contribution in [2.75, 3.05) is 0 Å². The fourth-order valence-corrected chi connectivity index (χ4v) is 2.18. The van der Waals surface area contributed by atoms with Gasteiger partial charge in [-0.3, -0.25) is 0 Å². The van der Waals surface area contributed by atoms with Gasteiger partial charge in [0, 0.05) is 0 Å². The van der Waals surface area contributed by atoms with Crippen LogP contribution in [-0.2, 0) is 11.8 Å². The number of alkyl halides is 3. The van der Waals surface area contributed by atoms with E-state index in [2.05, 4.69) is 0 Å². The third-order valence-electron chi connectivity index (χ3n) is 3.44. The molecule has 0 spiro atoms. The van der Waals surface area contributed by atoms with E-state index in [1.807, 2.05) is 0 Å². The van der Waals surface area contributed by atoms with Crippen LogP contribution in [0.1, 0.15) is 18.1 Å². The third-order valence-corrected chi connectivity index (χ3v) is 3.44. The highest BCUT2D eigenvalue weighted by Crippen LogP contribution is 2.43. The molecule has 0 fully saturated rings. The maximum atomic E-state index is 13.5. The van der Waals surface area contributed by atoms with E-state index >= 15 is 0 Å². The van der Waals surface area contributed by atoms with Crippen LogP contribution in [0.5, 0.6) is 0 Å². The first-order chi connectivity index (χ1) is 8.93. The smallest absolute Gasteiger partial charge is 0.170 e. The van der Waals surface area contributed by atoms with Crippen molar-refractivity contribution in [1.29, 1.82) is 0 Å². The number of benzene rings is 2. The summed E-state index contributed by atoms with van der Waals surface area (Å²) in [7, 11) is 0. The molecule has 0 N–H and O–H groups in total. The molecule has 2 aromatic rings. The molecule has 0 bridgehead atoms. The van der Waals surface area contributed by atoms with E-state index in [9.17, 15) is 13.2 Å². The Morgan fingerprint density at radius 3 is 1.74 bits per heavy atom. The normalized spacial score (nSPS) is 14.9. The second-order valence-corrected chi connectivity index (χ2v) is 4.86. The summed E-state index contributed by atoms with van der Waals surface area (Å²) in [6, 6.07) is 16.9. The highest BCUT2D eigenvalue weighted by Gasteiger charge is 2.51. The first-order valence-electron chi connectivity index (χ1n) is 6.10. The molecule has 0 heterocycles. The maximum Gasteiger partial charge on any atom is 0.398 e. The molecule has 0 nitrogen and oxygen atoms in total. The van der Waals surface area contributed by atoms with Crippen LogP contribution in [0, 0.1) is 0 Å². The van der Waals surface area contributed by atoms with Crippen LogP contribution in [0.2, 0.25) is 0 Å². The molecule has 0 aliphatic rings. The van der Waals surface area contributed by atoms with E-state index in [1.54, 1.807) is 48.5 Å². The molecule has 0 saturated carbocycles. The predicted molar refractivity (Wildman–Crippen MR) is 70.0 cm³/mol. The van der Waals surface area contributed by atoms with E-state index in [0.717, 1.165) is 0 Å². The van der Waals surface area contributed by atoms with Gasteiger partial charge in [0.25, 0.3) is 0 Å². The van der Waals surface area contributed by atoms with Crippen molar-refractivity contribution < 1.29 is 13.2 Å². The van der Waals surface area contributed by atoms with Crippen LogP contribution >= 0.6 is 0 Å². The van der Waals surface area contributed by atoms with E-state index in [4.69, 9.17) is 0 Å². The fraction of sp³-hybridized carbons (Fsp3) is 0.250. The van der Waals surface area contributed by atoms with Gasteiger partial charge in [-0.2, -0.15) is 13.2 Å². The van der Waals surface area contributed by atoms with Gasteiger partial charge < -0.3 is 0 Å². The van der Waals surface area contributed by atoms with Crippen molar-refractivity contribution in [2.45, 2.75) is 24.9 Å². The Balaban J connectivity index is 2.42. The van der Waals surface area contributed by atoms with Crippen LogP contribution in [0.25, 0.3) is 0 Å². The fourth-order valence-electron chi connectivity index (χ4n) is 2.18. The molecular formula is C16H15F3. The first-order valence-corrected chi connectivity index (χ1v) is 6.10. The van der Waals surface area contributed by atoms with Gasteiger partial charge in [-0.05, 0) is 24.5 Å². The molecule has 0 saturated heterocycles. The number of hydrogen-bond donors (Lipinski definition) is 0. The second kappa shape index (κ2) is 5.08. The van der Waals surface area contributed by atoms with Gasteiger partial charge >= 0.3 is 6.18 Å². The van der Waals surface area contributed by atoms with Crippen molar-refractivity contribution in [3.05, 3.63) is 71.8 Å². The molecule has 2 aromatic carbocycles. The van der Waals surface area contributed by atoms with Crippen LogP contribution in [-0.4, -0.2) is 6.18 Å². The average molecular weight is 264 g/mol. The van der Waals surface area contributed by atoms with Crippen LogP contribution in [0.3, 0.4) is 0 Å². The SMILES string of the molecule is CC(Cc1ccccc1)(c1ccccc1)C(F)(F)F. The molecule has 0 amide bonds. The first kappa shape index (κ1) is 13.7. The molecule has 0 aromatic heterocycles. The molecule has 100 valence electrons. The molecule has 19 heavy (non-hydrogen) atoms. The second-order valence-electron chi connectivity index (χ2n) is 4.86. The number of hydrogen-bond acceptors (Lipinski definition) is 0. The lowest BCUT2D eigenvalue weighted by atomic mass is 9.76. The summed E-state index contributed by atoms with van der Waals surface area (Å²) in [5, 5.41) is 0. The van der Waals surface area contributed by atoms with Crippen molar-refractivity contribution in [1.82, 2.24) is 0 Å². The molecule has 0 radical (unpaired) electrons. The Morgan fingerprint density at radius 1 is 0.789 bits per heavy atom. The van der Waals surface area contributed by atoms with E-state index < -0.39 is 11.6 Å². The van der Waals surface area contributed by atoms with Crippen LogP contribution in [0.4, 0.5) is 13.2 Å². The quantitative estimate of drug-likeness (QED) is 0.750. The minimum absolute atomic E-state index is 0.0542. The summed E-state index contributed by atoms with van der Waals surface area (Å²) in [6.45, 7) is 1.26. The molecule has 3 heteroatoms. The minimum Gasteiger partial charge on any atom is -0.170 e. The average Bonchev–Trinajstić information content (AvgIpc) is 2.39. The topological polar surface area (TPSA) is 0 Å². The largest absolute Gasteiger partial charge is 0.398 e. The van der Waals surface area contributed by atoms with Gasteiger partial charge in [0.1, 0.15) is 0 Å². The summed E-state index contributed by atoms with van der Waals surface area (Å²) in [6.07, 6.45) is -4.34. The zero-order chi connectivity index (χ0) is 13.9. The monoisotopic (exact) mass is 264 g/mol. The van der Waals surface area contributed by atoms with E-state index in [-0.39, 0.29) is 6.42 Å². The van der Waals surface area contributed by atoms with Crippen molar-refractivity contribution in [3.63, 3.8) is 0 Å². The summed E-state index contributed by atoms with van der Waals surface area (Å²) in [5.41, 5.74) is -0.882. The van der Waals surface area contributed by atoms with Gasteiger partial charge in [-0.15, -0.1) is 0 Å². The highest BCUT2D eigenvalue weighted by atomic mass is 19.4. The zero-order valence-electron chi connectivity index (χ0n) is 10.6. The maximum absolute atomic E-state index is 13.5. The van der Waals surface area contributed by atoms with Crippen molar-refractivity contribution >= 4 is 0 Å². The van der Waals surface area contributed by atoms with E-state index in [0.29, 0.717) is 11.1 Å². The minimum atomic E-state index is -4.29. The molecule has 0 aliphatic carbocycles. The zero-order valence-corrected chi connectivity index (χ0v) is 10.6. The Labute approximate surface area is 110 Å². The van der Waals surface area contributed by atoms with Gasteiger partial charge in [0.15, 0.2) is 0 Å². The molecule has 1 unspecified atom stereocenters. The Bertz CT molecular complexity index is 517. The Morgan fingerprint density at radius 2 is 1.26 bits per heavy atom. The van der Waals surface area contributed by atoms with Crippen LogP contribution < -0.4 is 0 Å². The number of rotatable bonds is 3. The predicted octanol–water partition coefficient (Wildman–Crippen LogP) is 4.75. The standard InChI is InChI=1S/C16H15F3/c1-15(16(17,18)19,14-10-6-3-7-11-14)12-13-8-4-2-5-9-13/h2-11H,12H2,1H3. The Kier molecular flexibility index (Phi) is 3.65. The molecule has 2 rings (SSSR count). The number of halogens is 3. The van der Waals surface area contributed by atoms with Crippen LogP contribution in [0.15, 0.2) is 60.7 Å². The van der Waals surface area contributed by atoms with Gasteiger partial charge in [-0.1, -0.05) is 60.7 Å². The lowest BCUT2D eigenvalue weighted by Gasteiger charge is -2.32. The van der Waals surface area contributed by atoms with Gasteiger partial charge in [0.2, 0.25) is 0 Å². The highest BCUT2D eigenvalue weighted by molar-refractivity contribution is 5.30. The summed E-state index contributed by atoms with van der Waals surface area (Å²) in [5.74, 6) is 0. The van der Waals surface area contributed by atoms with Gasteiger partial charge in [0.05, 0.1) is 5.41 Å². The summed E-state index contributed by atoms with van der Waals surface area (Å²) in [4.78, 5) is 0. The summed E-state index contributed by atoms with van der Waals surface area (Å²) < 4.78 is 40.4. The summed E-state index contributed by atoms with van der Waals surface area (Å²) >= 11 is 0. The van der Waals surface area contributed by atoms with Gasteiger partial charge in [-0.25, -0.2) is 0 Å². The lowest BCUT2D eigenvalue weighted by Crippen LogP contribution is -2.41.